The van der Waals surface area contributed by atoms with Crippen LogP contribution in [0.1, 0.15) is 37.3 Å². The van der Waals surface area contributed by atoms with Gasteiger partial charge in [-0.2, -0.15) is 0 Å². The van der Waals surface area contributed by atoms with E-state index in [0.717, 1.165) is 19.3 Å². The number of hydrogen-bond donors (Lipinski definition) is 1. The van der Waals surface area contributed by atoms with Crippen LogP contribution < -0.4 is 0 Å². The van der Waals surface area contributed by atoms with Crippen LogP contribution in [0.15, 0.2) is 18.5 Å². The van der Waals surface area contributed by atoms with Gasteiger partial charge in [-0.1, -0.05) is 6.92 Å². The van der Waals surface area contributed by atoms with Crippen LogP contribution in [0.2, 0.25) is 0 Å². The molecule has 2 heteroatoms. The largest absolute Gasteiger partial charge is 0.393 e. The fourth-order valence-corrected chi connectivity index (χ4v) is 2.55. The van der Waals surface area contributed by atoms with Gasteiger partial charge >= 0.3 is 0 Å². The van der Waals surface area contributed by atoms with Crippen LogP contribution in [0.4, 0.5) is 0 Å². The van der Waals surface area contributed by atoms with Crippen molar-refractivity contribution in [2.45, 2.75) is 44.6 Å². The van der Waals surface area contributed by atoms with E-state index in [1.165, 1.54) is 11.1 Å². The van der Waals surface area contributed by atoms with E-state index in [1.54, 1.807) is 0 Å². The summed E-state index contributed by atoms with van der Waals surface area (Å²) in [5.41, 5.74) is 2.73. The first-order chi connectivity index (χ1) is 6.62. The summed E-state index contributed by atoms with van der Waals surface area (Å²) in [5, 5.41) is 9.60. The molecular weight excluding hydrogens is 174 g/mol. The number of aliphatic hydroxyl groups is 1. The molecule has 1 saturated carbocycles. The highest BCUT2D eigenvalue weighted by atomic mass is 16.3. The second-order valence-electron chi connectivity index (χ2n) is 4.65. The molecule has 2 atom stereocenters. The van der Waals surface area contributed by atoms with Crippen molar-refractivity contribution in [3.05, 3.63) is 29.6 Å². The molecule has 14 heavy (non-hydrogen) atoms. The lowest BCUT2D eigenvalue weighted by Crippen LogP contribution is -2.20. The standard InChI is InChI=1S/C12H17NO/c1-9-4-6-13-8-11(9)12(2)5-3-10(14)7-12/h4,6,8,10,14H,3,5,7H2,1-2H3. The van der Waals surface area contributed by atoms with Crippen molar-refractivity contribution < 1.29 is 5.11 Å². The van der Waals surface area contributed by atoms with Crippen molar-refractivity contribution in [1.29, 1.82) is 0 Å². The van der Waals surface area contributed by atoms with E-state index in [2.05, 4.69) is 18.8 Å². The van der Waals surface area contributed by atoms with Crippen LogP contribution in [-0.2, 0) is 5.41 Å². The van der Waals surface area contributed by atoms with E-state index in [4.69, 9.17) is 0 Å². The van der Waals surface area contributed by atoms with Crippen LogP contribution in [0, 0.1) is 6.92 Å². The maximum absolute atomic E-state index is 9.60. The quantitative estimate of drug-likeness (QED) is 0.738. The Labute approximate surface area is 85.0 Å². The maximum atomic E-state index is 9.60. The first-order valence-electron chi connectivity index (χ1n) is 5.21. The van der Waals surface area contributed by atoms with E-state index >= 15 is 0 Å². The minimum absolute atomic E-state index is 0.125. The lowest BCUT2D eigenvalue weighted by Gasteiger charge is -2.25. The molecule has 2 rings (SSSR count). The van der Waals surface area contributed by atoms with Gasteiger partial charge < -0.3 is 5.11 Å². The molecule has 0 radical (unpaired) electrons. The second-order valence-corrected chi connectivity index (χ2v) is 4.65. The maximum Gasteiger partial charge on any atom is 0.0549 e. The second kappa shape index (κ2) is 3.35. The minimum atomic E-state index is -0.125. The molecule has 0 spiro atoms. The van der Waals surface area contributed by atoms with Gasteiger partial charge in [0.05, 0.1) is 6.10 Å². The van der Waals surface area contributed by atoms with Crippen molar-refractivity contribution in [2.24, 2.45) is 0 Å². The van der Waals surface area contributed by atoms with E-state index in [0.29, 0.717) is 0 Å². The Morgan fingerprint density at radius 3 is 2.93 bits per heavy atom. The first-order valence-corrected chi connectivity index (χ1v) is 5.21. The molecular formula is C12H17NO. The fourth-order valence-electron chi connectivity index (χ4n) is 2.55. The Morgan fingerprint density at radius 1 is 1.57 bits per heavy atom. The number of aliphatic hydroxyl groups excluding tert-OH is 1. The monoisotopic (exact) mass is 191 g/mol. The van der Waals surface area contributed by atoms with Crippen molar-refractivity contribution in [3.63, 3.8) is 0 Å². The Balaban J connectivity index is 2.35. The SMILES string of the molecule is Cc1ccncc1C1(C)CCC(O)C1. The predicted octanol–water partition coefficient (Wildman–Crippen LogP) is 2.19. The molecule has 0 amide bonds. The van der Waals surface area contributed by atoms with Gasteiger partial charge in [0.25, 0.3) is 0 Å². The molecule has 1 aliphatic carbocycles. The first kappa shape index (κ1) is 9.66. The Morgan fingerprint density at radius 2 is 2.36 bits per heavy atom. The lowest BCUT2D eigenvalue weighted by atomic mass is 9.80. The van der Waals surface area contributed by atoms with Gasteiger partial charge in [0, 0.05) is 12.4 Å². The average Bonchev–Trinajstić information content (AvgIpc) is 2.48. The summed E-state index contributed by atoms with van der Waals surface area (Å²) in [6.07, 6.45) is 6.52. The van der Waals surface area contributed by atoms with Gasteiger partial charge in [-0.15, -0.1) is 0 Å². The topological polar surface area (TPSA) is 33.1 Å². The molecule has 0 aromatic carbocycles. The molecule has 1 aromatic rings. The van der Waals surface area contributed by atoms with E-state index in [-0.39, 0.29) is 11.5 Å². The number of aromatic nitrogens is 1. The van der Waals surface area contributed by atoms with Gasteiger partial charge in [-0.3, -0.25) is 4.98 Å². The third kappa shape index (κ3) is 1.55. The molecule has 1 fully saturated rings. The zero-order valence-corrected chi connectivity index (χ0v) is 8.83. The van der Waals surface area contributed by atoms with Crippen LogP contribution >= 0.6 is 0 Å². The lowest BCUT2D eigenvalue weighted by molar-refractivity contribution is 0.175. The van der Waals surface area contributed by atoms with Crippen molar-refractivity contribution in [1.82, 2.24) is 4.98 Å². The molecule has 1 aliphatic rings. The summed E-state index contributed by atoms with van der Waals surface area (Å²) in [6.45, 7) is 4.35. The van der Waals surface area contributed by atoms with Crippen LogP contribution in [0.3, 0.4) is 0 Å². The van der Waals surface area contributed by atoms with Gasteiger partial charge in [-0.05, 0) is 48.8 Å². The number of aryl methyl sites for hydroxylation is 1. The Hall–Kier alpha value is -0.890. The molecule has 1 aromatic heterocycles. The molecule has 1 heterocycles. The van der Waals surface area contributed by atoms with E-state index in [9.17, 15) is 5.11 Å². The minimum Gasteiger partial charge on any atom is -0.393 e. The zero-order valence-electron chi connectivity index (χ0n) is 8.83. The van der Waals surface area contributed by atoms with Gasteiger partial charge in [0.1, 0.15) is 0 Å². The molecule has 2 unspecified atom stereocenters. The molecule has 0 saturated heterocycles. The summed E-state index contributed by atoms with van der Waals surface area (Å²) in [6, 6.07) is 2.05. The summed E-state index contributed by atoms with van der Waals surface area (Å²) in [7, 11) is 0. The van der Waals surface area contributed by atoms with E-state index in [1.807, 2.05) is 18.5 Å². The van der Waals surface area contributed by atoms with Crippen molar-refractivity contribution >= 4 is 0 Å². The van der Waals surface area contributed by atoms with Crippen LogP contribution in [0.5, 0.6) is 0 Å². The van der Waals surface area contributed by atoms with Gasteiger partial charge in [0.2, 0.25) is 0 Å². The highest BCUT2D eigenvalue weighted by Gasteiger charge is 2.36. The number of rotatable bonds is 1. The number of nitrogens with zero attached hydrogens (tertiary/aromatic N) is 1. The van der Waals surface area contributed by atoms with Crippen LogP contribution in [-0.4, -0.2) is 16.2 Å². The zero-order chi connectivity index (χ0) is 10.2. The summed E-state index contributed by atoms with van der Waals surface area (Å²) < 4.78 is 0. The van der Waals surface area contributed by atoms with E-state index < -0.39 is 0 Å². The Bertz CT molecular complexity index is 337. The molecule has 76 valence electrons. The molecule has 2 nitrogen and oxygen atoms in total. The summed E-state index contributed by atoms with van der Waals surface area (Å²) in [5.74, 6) is 0. The molecule has 0 aliphatic heterocycles. The van der Waals surface area contributed by atoms with Gasteiger partial charge in [0.15, 0.2) is 0 Å². The number of pyridine rings is 1. The number of hydrogen-bond acceptors (Lipinski definition) is 2. The fraction of sp³-hybridized carbons (Fsp3) is 0.583. The van der Waals surface area contributed by atoms with Gasteiger partial charge in [-0.25, -0.2) is 0 Å². The molecule has 1 N–H and O–H groups in total. The molecule has 0 bridgehead atoms. The summed E-state index contributed by atoms with van der Waals surface area (Å²) in [4.78, 5) is 4.18. The normalized spacial score (nSPS) is 32.1. The van der Waals surface area contributed by atoms with Crippen LogP contribution in [0.25, 0.3) is 0 Å². The highest BCUT2D eigenvalue weighted by Crippen LogP contribution is 2.41. The average molecular weight is 191 g/mol. The third-order valence-corrected chi connectivity index (χ3v) is 3.40. The highest BCUT2D eigenvalue weighted by molar-refractivity contribution is 5.31. The summed E-state index contributed by atoms with van der Waals surface area (Å²) >= 11 is 0. The smallest absolute Gasteiger partial charge is 0.0549 e. The third-order valence-electron chi connectivity index (χ3n) is 3.40. The van der Waals surface area contributed by atoms with Crippen molar-refractivity contribution in [3.8, 4) is 0 Å². The predicted molar refractivity (Wildman–Crippen MR) is 56.2 cm³/mol. The van der Waals surface area contributed by atoms with Crippen molar-refractivity contribution in [2.75, 3.05) is 0 Å². The Kier molecular flexibility index (Phi) is 2.31.